The molecule has 0 aliphatic carbocycles. The number of anilines is 1. The molecule has 188 valence electrons. The summed E-state index contributed by atoms with van der Waals surface area (Å²) in [5.41, 5.74) is 2.27. The number of amides is 2. The van der Waals surface area contributed by atoms with E-state index in [4.69, 9.17) is 14.2 Å². The molecule has 2 N–H and O–H groups in total. The van der Waals surface area contributed by atoms with Crippen molar-refractivity contribution in [3.8, 4) is 17.2 Å². The quantitative estimate of drug-likeness (QED) is 0.640. The minimum Gasteiger partial charge on any atom is -0.507 e. The number of hydrogen-bond acceptors (Lipinski definition) is 6. The molecule has 1 saturated heterocycles. The fraction of sp³-hybridized carbons (Fsp3) is 0.417. The van der Waals surface area contributed by atoms with Gasteiger partial charge < -0.3 is 29.5 Å². The fourth-order valence-electron chi connectivity index (χ4n) is 4.45. The minimum atomic E-state index is -4.59. The molecule has 2 amide bonds. The lowest BCUT2D eigenvalue weighted by atomic mass is 9.85. The van der Waals surface area contributed by atoms with Gasteiger partial charge in [-0.25, -0.2) is 0 Å². The molecule has 0 spiro atoms. The maximum absolute atomic E-state index is 13.2. The number of fused-ring (bicyclic) bond motifs is 1. The average molecular weight is 494 g/mol. The highest BCUT2D eigenvalue weighted by atomic mass is 19.4. The number of benzene rings is 2. The van der Waals surface area contributed by atoms with Crippen LogP contribution in [-0.4, -0.2) is 68.0 Å². The van der Waals surface area contributed by atoms with Gasteiger partial charge in [-0.1, -0.05) is 12.1 Å². The number of nitrogens with zero attached hydrogens (tertiary/aromatic N) is 1. The number of carbonyl (C=O) groups excluding carboxylic acids is 2. The third-order valence-corrected chi connectivity index (χ3v) is 6.22. The second kappa shape index (κ2) is 9.65. The van der Waals surface area contributed by atoms with Gasteiger partial charge in [0.2, 0.25) is 11.8 Å². The lowest BCUT2D eigenvalue weighted by Crippen LogP contribution is -2.51. The molecule has 0 bridgehead atoms. The van der Waals surface area contributed by atoms with Crippen LogP contribution in [0.1, 0.15) is 29.0 Å². The minimum absolute atomic E-state index is 0.0203. The molecule has 0 aromatic heterocycles. The van der Waals surface area contributed by atoms with Crippen molar-refractivity contribution in [3.63, 3.8) is 0 Å². The first-order valence-corrected chi connectivity index (χ1v) is 10.9. The Bertz CT molecular complexity index is 1140. The zero-order valence-corrected chi connectivity index (χ0v) is 19.1. The molecule has 2 aliphatic heterocycles. The standard InChI is InChI=1S/C24H25F3N2O6/c1-33-15-9-18(30)23(19(10-15)34-2)16(13-3-4-17-14(7-13)8-21(31)28-17)11-22(32)29-5-6-35-20(12-29)24(25,26)27/h3-4,7,9-10,16,20,30H,5-6,8,11-12H2,1-2H3,(H,28,31). The monoisotopic (exact) mass is 494 g/mol. The van der Waals surface area contributed by atoms with E-state index in [1.165, 1.54) is 20.3 Å². The van der Waals surface area contributed by atoms with Crippen LogP contribution in [0, 0.1) is 0 Å². The van der Waals surface area contributed by atoms with Crippen LogP contribution in [-0.2, 0) is 20.7 Å². The van der Waals surface area contributed by atoms with Crippen molar-refractivity contribution < 1.29 is 42.1 Å². The van der Waals surface area contributed by atoms with Crippen molar-refractivity contribution in [1.82, 2.24) is 4.90 Å². The van der Waals surface area contributed by atoms with Crippen LogP contribution in [0.25, 0.3) is 0 Å². The largest absolute Gasteiger partial charge is 0.507 e. The summed E-state index contributed by atoms with van der Waals surface area (Å²) in [6.07, 6.45) is -6.72. The molecular formula is C24H25F3N2O6. The van der Waals surface area contributed by atoms with E-state index in [0.29, 0.717) is 22.6 Å². The molecule has 2 aromatic rings. The van der Waals surface area contributed by atoms with Crippen LogP contribution in [0.15, 0.2) is 30.3 Å². The van der Waals surface area contributed by atoms with Gasteiger partial charge in [-0.05, 0) is 17.2 Å². The topological polar surface area (TPSA) is 97.3 Å². The van der Waals surface area contributed by atoms with E-state index in [0.717, 1.165) is 10.5 Å². The zero-order valence-electron chi connectivity index (χ0n) is 19.1. The number of carbonyl (C=O) groups is 2. The summed E-state index contributed by atoms with van der Waals surface area (Å²) in [6, 6.07) is 8.10. The molecule has 2 heterocycles. The highest BCUT2D eigenvalue weighted by Crippen LogP contribution is 2.44. The van der Waals surface area contributed by atoms with Crippen LogP contribution < -0.4 is 14.8 Å². The van der Waals surface area contributed by atoms with Crippen molar-refractivity contribution in [2.75, 3.05) is 39.2 Å². The van der Waals surface area contributed by atoms with Crippen LogP contribution in [0.2, 0.25) is 0 Å². The molecule has 1 fully saturated rings. The number of nitrogens with one attached hydrogen (secondary N) is 1. The number of phenolic OH excluding ortho intramolecular Hbond substituents is 1. The molecule has 8 nitrogen and oxygen atoms in total. The number of ether oxygens (including phenoxy) is 3. The SMILES string of the molecule is COc1cc(O)c(C(CC(=O)N2CCOC(C(F)(F)F)C2)c2ccc3c(c2)CC(=O)N3)c(OC)c1. The molecule has 11 heteroatoms. The number of aromatic hydroxyl groups is 1. The maximum atomic E-state index is 13.2. The van der Waals surface area contributed by atoms with Gasteiger partial charge >= 0.3 is 6.18 Å². The molecule has 2 aromatic carbocycles. The summed E-state index contributed by atoms with van der Waals surface area (Å²) in [6.45, 7) is -0.819. The molecule has 35 heavy (non-hydrogen) atoms. The van der Waals surface area contributed by atoms with Gasteiger partial charge in [0.1, 0.15) is 17.2 Å². The number of methoxy groups -OCH3 is 2. The smallest absolute Gasteiger partial charge is 0.416 e. The van der Waals surface area contributed by atoms with E-state index >= 15 is 0 Å². The average Bonchev–Trinajstić information content (AvgIpc) is 3.20. The van der Waals surface area contributed by atoms with Crippen molar-refractivity contribution >= 4 is 17.5 Å². The van der Waals surface area contributed by atoms with E-state index in [9.17, 15) is 27.9 Å². The Labute approximate surface area is 199 Å². The number of morpholine rings is 1. The Hall–Kier alpha value is -3.47. The summed E-state index contributed by atoms with van der Waals surface area (Å²) in [4.78, 5) is 26.2. The van der Waals surface area contributed by atoms with Crippen molar-refractivity contribution in [3.05, 3.63) is 47.0 Å². The first-order valence-electron chi connectivity index (χ1n) is 10.9. The Balaban J connectivity index is 1.72. The first kappa shape index (κ1) is 24.6. The van der Waals surface area contributed by atoms with Gasteiger partial charge in [0.05, 0.1) is 33.8 Å². The number of phenols is 1. The zero-order chi connectivity index (χ0) is 25.3. The van der Waals surface area contributed by atoms with Gasteiger partial charge in [0.15, 0.2) is 6.10 Å². The molecule has 0 saturated carbocycles. The van der Waals surface area contributed by atoms with Crippen molar-refractivity contribution in [2.45, 2.75) is 31.0 Å². The summed E-state index contributed by atoms with van der Waals surface area (Å²) in [5, 5.41) is 13.6. The molecule has 2 atom stereocenters. The number of alkyl halides is 3. The van der Waals surface area contributed by atoms with Crippen LogP contribution in [0.5, 0.6) is 17.2 Å². The van der Waals surface area contributed by atoms with E-state index < -0.39 is 30.7 Å². The van der Waals surface area contributed by atoms with E-state index in [2.05, 4.69) is 5.32 Å². The predicted molar refractivity (Wildman–Crippen MR) is 119 cm³/mol. The predicted octanol–water partition coefficient (Wildman–Crippen LogP) is 3.22. The van der Waals surface area contributed by atoms with E-state index in [1.807, 2.05) is 0 Å². The second-order valence-corrected chi connectivity index (χ2v) is 8.40. The first-order chi connectivity index (χ1) is 16.6. The number of halogens is 3. The molecule has 0 radical (unpaired) electrons. The number of rotatable bonds is 6. The third-order valence-electron chi connectivity index (χ3n) is 6.22. The summed E-state index contributed by atoms with van der Waals surface area (Å²) < 4.78 is 55.0. The summed E-state index contributed by atoms with van der Waals surface area (Å²) >= 11 is 0. The lowest BCUT2D eigenvalue weighted by molar-refractivity contribution is -0.236. The van der Waals surface area contributed by atoms with Crippen LogP contribution >= 0.6 is 0 Å². The lowest BCUT2D eigenvalue weighted by Gasteiger charge is -2.34. The second-order valence-electron chi connectivity index (χ2n) is 8.40. The highest BCUT2D eigenvalue weighted by molar-refractivity contribution is 5.99. The van der Waals surface area contributed by atoms with Crippen molar-refractivity contribution in [2.24, 2.45) is 0 Å². The highest BCUT2D eigenvalue weighted by Gasteiger charge is 2.44. The van der Waals surface area contributed by atoms with Gasteiger partial charge in [-0.3, -0.25) is 9.59 Å². The molecule has 2 unspecified atom stereocenters. The van der Waals surface area contributed by atoms with Crippen molar-refractivity contribution in [1.29, 1.82) is 0 Å². The maximum Gasteiger partial charge on any atom is 0.416 e. The molecular weight excluding hydrogens is 469 g/mol. The normalized spacial score (nSPS) is 18.6. The third kappa shape index (κ3) is 5.14. The van der Waals surface area contributed by atoms with E-state index in [-0.39, 0.29) is 43.4 Å². The Kier molecular flexibility index (Phi) is 6.79. The number of hydrogen-bond donors (Lipinski definition) is 2. The molecule has 2 aliphatic rings. The Morgan fingerprint density at radius 3 is 2.71 bits per heavy atom. The fourth-order valence-corrected chi connectivity index (χ4v) is 4.45. The summed E-state index contributed by atoms with van der Waals surface area (Å²) in [5.74, 6) is -1.07. The van der Waals surface area contributed by atoms with Gasteiger partial charge in [0, 0.05) is 42.3 Å². The van der Waals surface area contributed by atoms with Gasteiger partial charge in [0.25, 0.3) is 0 Å². The summed E-state index contributed by atoms with van der Waals surface area (Å²) in [7, 11) is 2.83. The Morgan fingerprint density at radius 1 is 1.26 bits per heavy atom. The Morgan fingerprint density at radius 2 is 2.03 bits per heavy atom. The van der Waals surface area contributed by atoms with Gasteiger partial charge in [-0.2, -0.15) is 13.2 Å². The molecule has 4 rings (SSSR count). The van der Waals surface area contributed by atoms with Gasteiger partial charge in [-0.15, -0.1) is 0 Å². The van der Waals surface area contributed by atoms with E-state index in [1.54, 1.807) is 24.3 Å². The van der Waals surface area contributed by atoms with Crippen LogP contribution in [0.3, 0.4) is 0 Å². The van der Waals surface area contributed by atoms with Crippen LogP contribution in [0.4, 0.5) is 18.9 Å².